The van der Waals surface area contributed by atoms with Gasteiger partial charge in [0.15, 0.2) is 0 Å². The largest absolute Gasteiger partial charge is 0.480 e. The summed E-state index contributed by atoms with van der Waals surface area (Å²) in [5, 5.41) is 12.4. The molecule has 0 aliphatic heterocycles. The number of carboxylic acid groups (broad SMARTS) is 1. The first-order chi connectivity index (χ1) is 14.0. The van der Waals surface area contributed by atoms with Gasteiger partial charge in [0.2, 0.25) is 0 Å². The highest BCUT2D eigenvalue weighted by Gasteiger charge is 2.37. The molecule has 5 nitrogen and oxygen atoms in total. The third-order valence-corrected chi connectivity index (χ3v) is 5.15. The molecule has 2 rings (SSSR count). The first-order valence-corrected chi connectivity index (χ1v) is 10.1. The Hall–Kier alpha value is -2.60. The van der Waals surface area contributed by atoms with Crippen LogP contribution in [0, 0.1) is 11.7 Å². The van der Waals surface area contributed by atoms with Gasteiger partial charge in [-0.25, -0.2) is 14.0 Å². The third-order valence-electron chi connectivity index (χ3n) is 4.92. The van der Waals surface area contributed by atoms with Crippen LogP contribution in [0.25, 0.3) is 0 Å². The van der Waals surface area contributed by atoms with Gasteiger partial charge in [-0.2, -0.15) is 0 Å². The summed E-state index contributed by atoms with van der Waals surface area (Å²) in [4.78, 5) is 24.1. The van der Waals surface area contributed by atoms with E-state index in [0.29, 0.717) is 10.6 Å². The molecule has 0 saturated carbocycles. The monoisotopic (exact) mass is 435 g/mol. The maximum Gasteiger partial charge on any atom is 0.408 e. The van der Waals surface area contributed by atoms with Crippen molar-refractivity contribution < 1.29 is 23.8 Å². The van der Waals surface area contributed by atoms with Gasteiger partial charge < -0.3 is 15.2 Å². The molecular formula is C23H27ClFNO4. The van der Waals surface area contributed by atoms with Crippen LogP contribution in [0.2, 0.25) is 5.02 Å². The Morgan fingerprint density at radius 1 is 1.17 bits per heavy atom. The van der Waals surface area contributed by atoms with E-state index in [2.05, 4.69) is 5.32 Å². The molecule has 0 spiro atoms. The molecule has 0 aliphatic carbocycles. The minimum absolute atomic E-state index is 0.0715. The van der Waals surface area contributed by atoms with E-state index in [1.165, 1.54) is 12.1 Å². The van der Waals surface area contributed by atoms with Crippen LogP contribution in [0.15, 0.2) is 48.5 Å². The van der Waals surface area contributed by atoms with E-state index in [-0.39, 0.29) is 12.3 Å². The smallest absolute Gasteiger partial charge is 0.408 e. The molecule has 0 aromatic heterocycles. The number of alkyl carbamates (subject to hydrolysis) is 1. The van der Waals surface area contributed by atoms with Gasteiger partial charge in [-0.3, -0.25) is 0 Å². The van der Waals surface area contributed by atoms with Crippen molar-refractivity contribution in [1.29, 1.82) is 0 Å². The number of aliphatic carboxylic acids is 1. The summed E-state index contributed by atoms with van der Waals surface area (Å²) in [5.41, 5.74) is 0.651. The van der Waals surface area contributed by atoms with Crippen molar-refractivity contribution in [3.63, 3.8) is 0 Å². The van der Waals surface area contributed by atoms with Crippen LogP contribution in [0.4, 0.5) is 9.18 Å². The predicted molar refractivity (Wildman–Crippen MR) is 114 cm³/mol. The fourth-order valence-electron chi connectivity index (χ4n) is 3.29. The third kappa shape index (κ3) is 6.20. The molecule has 0 aliphatic rings. The summed E-state index contributed by atoms with van der Waals surface area (Å²) in [7, 11) is 0. The molecule has 30 heavy (non-hydrogen) atoms. The maximum absolute atomic E-state index is 13.5. The lowest BCUT2D eigenvalue weighted by Gasteiger charge is -2.35. The number of nitrogens with one attached hydrogen (secondary N) is 1. The van der Waals surface area contributed by atoms with Gasteiger partial charge in [0, 0.05) is 10.4 Å². The average Bonchev–Trinajstić information content (AvgIpc) is 2.66. The zero-order chi connectivity index (χ0) is 22.5. The maximum atomic E-state index is 13.5. The number of hydrogen-bond donors (Lipinski definition) is 2. The van der Waals surface area contributed by atoms with Crippen LogP contribution in [0.5, 0.6) is 0 Å². The van der Waals surface area contributed by atoms with E-state index in [9.17, 15) is 19.1 Å². The van der Waals surface area contributed by atoms with Gasteiger partial charge in [0.1, 0.15) is 18.0 Å². The van der Waals surface area contributed by atoms with E-state index >= 15 is 0 Å². The van der Waals surface area contributed by atoms with Gasteiger partial charge in [0.05, 0.1) is 0 Å². The van der Waals surface area contributed by atoms with Crippen molar-refractivity contribution in [2.45, 2.75) is 51.7 Å². The fraction of sp³-hybridized carbons (Fsp3) is 0.391. The first-order valence-electron chi connectivity index (χ1n) is 9.72. The molecule has 2 aromatic rings. The van der Waals surface area contributed by atoms with Gasteiger partial charge in [-0.05, 0) is 47.7 Å². The highest BCUT2D eigenvalue weighted by molar-refractivity contribution is 6.30. The molecular weight excluding hydrogens is 409 g/mol. The van der Waals surface area contributed by atoms with Crippen molar-refractivity contribution in [3.8, 4) is 0 Å². The molecule has 0 bridgehead atoms. The molecule has 0 fully saturated rings. The number of amides is 1. The second kappa shape index (κ2) is 9.94. The second-order valence-corrected chi connectivity index (χ2v) is 8.67. The number of halogens is 2. The molecule has 0 radical (unpaired) electrons. The summed E-state index contributed by atoms with van der Waals surface area (Å²) in [6, 6.07) is 11.8. The predicted octanol–water partition coefficient (Wildman–Crippen LogP) is 5.72. The van der Waals surface area contributed by atoms with Crippen LogP contribution in [0.1, 0.15) is 51.3 Å². The Kier molecular flexibility index (Phi) is 7.84. The number of benzene rings is 2. The van der Waals surface area contributed by atoms with Crippen LogP contribution < -0.4 is 5.32 Å². The highest BCUT2D eigenvalue weighted by atomic mass is 35.5. The Morgan fingerprint density at radius 3 is 2.33 bits per heavy atom. The van der Waals surface area contributed by atoms with Crippen LogP contribution in [-0.2, 0) is 14.9 Å². The molecule has 2 atom stereocenters. The lowest BCUT2D eigenvalue weighted by molar-refractivity contribution is -0.139. The van der Waals surface area contributed by atoms with Crippen molar-refractivity contribution in [1.82, 2.24) is 5.32 Å². The average molecular weight is 436 g/mol. The number of rotatable bonds is 8. The number of carbonyl (C=O) groups is 2. The first kappa shape index (κ1) is 23.7. The van der Waals surface area contributed by atoms with Crippen LogP contribution in [-0.4, -0.2) is 23.2 Å². The fourth-order valence-corrected chi connectivity index (χ4v) is 3.48. The molecule has 1 amide bonds. The van der Waals surface area contributed by atoms with Gasteiger partial charge in [0.25, 0.3) is 0 Å². The summed E-state index contributed by atoms with van der Waals surface area (Å²) in [5.74, 6) is -1.47. The van der Waals surface area contributed by atoms with E-state index in [1.54, 1.807) is 30.3 Å². The minimum atomic E-state index is -1.13. The van der Waals surface area contributed by atoms with Crippen molar-refractivity contribution in [3.05, 3.63) is 70.5 Å². The number of ether oxygens (including phenoxy) is 1. The minimum Gasteiger partial charge on any atom is -0.480 e. The Bertz CT molecular complexity index is 883. The topological polar surface area (TPSA) is 75.6 Å². The van der Waals surface area contributed by atoms with Crippen LogP contribution in [0.3, 0.4) is 0 Å². The van der Waals surface area contributed by atoms with Crippen molar-refractivity contribution in [2.75, 3.05) is 0 Å². The Morgan fingerprint density at radius 2 is 1.80 bits per heavy atom. The number of carboxylic acids is 1. The lowest BCUT2D eigenvalue weighted by atomic mass is 9.76. The number of carbonyl (C=O) groups excluding carboxylic acids is 1. The summed E-state index contributed by atoms with van der Waals surface area (Å²) < 4.78 is 19.2. The molecule has 0 heterocycles. The normalized spacial score (nSPS) is 13.6. The second-order valence-electron chi connectivity index (χ2n) is 8.23. The Labute approximate surface area is 181 Å². The molecule has 0 saturated heterocycles. The zero-order valence-electron chi connectivity index (χ0n) is 17.5. The van der Waals surface area contributed by atoms with E-state index in [4.69, 9.17) is 16.3 Å². The molecule has 2 N–H and O–H groups in total. The van der Waals surface area contributed by atoms with Gasteiger partial charge in [-0.1, -0.05) is 63.6 Å². The summed E-state index contributed by atoms with van der Waals surface area (Å²) in [6.45, 7) is 7.49. The standard InChI is InChI=1S/C23H27ClFNO4/c1-14(2)12-19(21(27)28)26-22(29)30-20(15-8-10-18(25)11-9-15)23(3,4)16-6-5-7-17(24)13-16/h5-11,13-14,19-20H,12H2,1-4H3,(H,26,29)(H,27,28). The Balaban J connectivity index is 2.35. The SMILES string of the molecule is CC(C)CC(NC(=O)OC(c1ccc(F)cc1)C(C)(C)c1cccc(Cl)c1)C(=O)O. The molecule has 7 heteroatoms. The van der Waals surface area contributed by atoms with Crippen molar-refractivity contribution >= 4 is 23.7 Å². The number of hydrogen-bond acceptors (Lipinski definition) is 3. The molecule has 162 valence electrons. The van der Waals surface area contributed by atoms with Crippen LogP contribution >= 0.6 is 11.6 Å². The lowest BCUT2D eigenvalue weighted by Crippen LogP contribution is -2.43. The van der Waals surface area contributed by atoms with E-state index in [1.807, 2.05) is 33.8 Å². The zero-order valence-corrected chi connectivity index (χ0v) is 18.2. The van der Waals surface area contributed by atoms with Crippen molar-refractivity contribution in [2.24, 2.45) is 5.92 Å². The van der Waals surface area contributed by atoms with Gasteiger partial charge in [-0.15, -0.1) is 0 Å². The van der Waals surface area contributed by atoms with E-state index < -0.39 is 35.4 Å². The highest BCUT2D eigenvalue weighted by Crippen LogP contribution is 2.40. The van der Waals surface area contributed by atoms with E-state index in [0.717, 1.165) is 5.56 Å². The van der Waals surface area contributed by atoms with Gasteiger partial charge >= 0.3 is 12.1 Å². The summed E-state index contributed by atoms with van der Waals surface area (Å²) >= 11 is 6.15. The summed E-state index contributed by atoms with van der Waals surface area (Å²) in [6.07, 6.45) is -1.40. The quantitative estimate of drug-likeness (QED) is 0.555. The molecule has 2 unspecified atom stereocenters. The molecule has 2 aromatic carbocycles.